The van der Waals surface area contributed by atoms with Gasteiger partial charge in [0.05, 0.1) is 0 Å². The molecule has 4 fully saturated rings. The third-order valence-electron chi connectivity index (χ3n) is 7.34. The molecule has 0 atom stereocenters. The molecule has 4 rings (SSSR count). The number of hydrogen-bond acceptors (Lipinski definition) is 3. The number of nitrogens with zero attached hydrogens (tertiary/aromatic N) is 2. The number of piperidine rings is 1. The first-order valence-corrected chi connectivity index (χ1v) is 9.92. The van der Waals surface area contributed by atoms with E-state index in [-0.39, 0.29) is 22.8 Å². The van der Waals surface area contributed by atoms with E-state index in [1.54, 1.807) is 4.90 Å². The van der Waals surface area contributed by atoms with Gasteiger partial charge >= 0.3 is 6.09 Å². The van der Waals surface area contributed by atoms with Crippen LogP contribution in [-0.2, 0) is 4.79 Å². The number of nitrogens with one attached hydrogen (secondary N) is 1. The lowest BCUT2D eigenvalue weighted by Gasteiger charge is -2.51. The summed E-state index contributed by atoms with van der Waals surface area (Å²) in [6, 6.07) is 0.599. The summed E-state index contributed by atoms with van der Waals surface area (Å²) in [7, 11) is 0. The summed E-state index contributed by atoms with van der Waals surface area (Å²) < 4.78 is 0. The van der Waals surface area contributed by atoms with Gasteiger partial charge in [0.1, 0.15) is 0 Å². The van der Waals surface area contributed by atoms with E-state index >= 15 is 0 Å². The van der Waals surface area contributed by atoms with Crippen LogP contribution in [0.1, 0.15) is 58.3 Å². The Morgan fingerprint density at radius 1 is 1.08 bits per heavy atom. The minimum absolute atomic E-state index is 0.0626. The van der Waals surface area contributed by atoms with Gasteiger partial charge in [0.15, 0.2) is 0 Å². The first kappa shape index (κ1) is 17.1. The third-order valence-corrected chi connectivity index (χ3v) is 7.34. The van der Waals surface area contributed by atoms with Crippen molar-refractivity contribution in [3.05, 3.63) is 0 Å². The van der Waals surface area contributed by atoms with E-state index in [2.05, 4.69) is 17.1 Å². The number of rotatable bonds is 3. The number of carbonyl (C=O) groups excluding carboxylic acids is 1. The van der Waals surface area contributed by atoms with Gasteiger partial charge in [-0.1, -0.05) is 0 Å². The molecule has 0 radical (unpaired) electrons. The van der Waals surface area contributed by atoms with E-state index < -0.39 is 6.09 Å². The second-order valence-corrected chi connectivity index (χ2v) is 9.23. The molecule has 0 aromatic carbocycles. The number of carbonyl (C=O) groups is 2. The predicted octanol–water partition coefficient (Wildman–Crippen LogP) is 2.29. The number of likely N-dealkylation sites (tertiary alicyclic amines) is 2. The Bertz CT molecular complexity index is 546. The molecule has 2 N–H and O–H groups in total. The zero-order chi connectivity index (χ0) is 17.7. The Morgan fingerprint density at radius 2 is 1.76 bits per heavy atom. The van der Waals surface area contributed by atoms with Gasteiger partial charge in [-0.3, -0.25) is 4.79 Å². The molecule has 6 heteroatoms. The summed E-state index contributed by atoms with van der Waals surface area (Å²) in [6.45, 7) is 5.61. The fourth-order valence-corrected chi connectivity index (χ4v) is 5.39. The second-order valence-electron chi connectivity index (χ2n) is 9.23. The van der Waals surface area contributed by atoms with Gasteiger partial charge in [-0.25, -0.2) is 4.79 Å². The molecule has 0 aromatic heterocycles. The van der Waals surface area contributed by atoms with Gasteiger partial charge < -0.3 is 20.2 Å². The van der Waals surface area contributed by atoms with Gasteiger partial charge in [0.2, 0.25) is 5.91 Å². The maximum atomic E-state index is 12.5. The molecule has 2 aliphatic carbocycles. The SMILES string of the molecule is CC1(NC(=O)C2CCN(C3CC4(CCN(C(=O)O)C4)C3)CC2)CCC1. The van der Waals surface area contributed by atoms with Gasteiger partial charge in [-0.15, -0.1) is 0 Å². The van der Waals surface area contributed by atoms with Crippen molar-refractivity contribution in [2.45, 2.75) is 69.9 Å². The molecule has 0 unspecified atom stereocenters. The Morgan fingerprint density at radius 3 is 2.28 bits per heavy atom. The number of hydrogen-bond donors (Lipinski definition) is 2. The quantitative estimate of drug-likeness (QED) is 0.820. The topological polar surface area (TPSA) is 72.9 Å². The molecule has 0 aromatic rings. The molecule has 4 aliphatic rings. The van der Waals surface area contributed by atoms with Crippen LogP contribution in [0, 0.1) is 11.3 Å². The summed E-state index contributed by atoms with van der Waals surface area (Å²) in [5.41, 5.74) is 0.309. The lowest BCUT2D eigenvalue weighted by molar-refractivity contribution is -0.130. The van der Waals surface area contributed by atoms with Crippen molar-refractivity contribution in [1.82, 2.24) is 15.1 Å². The van der Waals surface area contributed by atoms with Crippen molar-refractivity contribution in [2.24, 2.45) is 11.3 Å². The van der Waals surface area contributed by atoms with Gasteiger partial charge in [-0.05, 0) is 76.8 Å². The average molecular weight is 349 g/mol. The van der Waals surface area contributed by atoms with Crippen molar-refractivity contribution in [3.63, 3.8) is 0 Å². The standard InChI is InChI=1S/C19H31N3O3/c1-18(5-2-6-18)20-16(23)14-3-8-21(9-4-14)15-11-19(12-15)7-10-22(13-19)17(24)25/h14-15H,2-13H2,1H3,(H,20,23)(H,24,25). The van der Waals surface area contributed by atoms with Gasteiger partial charge in [0.25, 0.3) is 0 Å². The maximum absolute atomic E-state index is 12.5. The summed E-state index contributed by atoms with van der Waals surface area (Å²) >= 11 is 0. The highest BCUT2D eigenvalue weighted by atomic mass is 16.4. The van der Waals surface area contributed by atoms with Crippen LogP contribution in [0.3, 0.4) is 0 Å². The summed E-state index contributed by atoms with van der Waals surface area (Å²) in [6.07, 6.45) is 7.92. The van der Waals surface area contributed by atoms with Crippen molar-refractivity contribution in [1.29, 1.82) is 0 Å². The smallest absolute Gasteiger partial charge is 0.407 e. The van der Waals surface area contributed by atoms with Gasteiger partial charge in [-0.2, -0.15) is 0 Å². The lowest BCUT2D eigenvalue weighted by atomic mass is 9.64. The van der Waals surface area contributed by atoms with Crippen LogP contribution in [0.5, 0.6) is 0 Å². The third kappa shape index (κ3) is 3.25. The molecule has 2 amide bonds. The van der Waals surface area contributed by atoms with Crippen molar-refractivity contribution < 1.29 is 14.7 Å². The van der Waals surface area contributed by atoms with E-state index in [1.165, 1.54) is 6.42 Å². The average Bonchev–Trinajstić information content (AvgIpc) is 2.98. The van der Waals surface area contributed by atoms with Crippen LogP contribution in [0.4, 0.5) is 4.79 Å². The zero-order valence-corrected chi connectivity index (χ0v) is 15.3. The van der Waals surface area contributed by atoms with Gasteiger partial charge in [0, 0.05) is 30.6 Å². The highest BCUT2D eigenvalue weighted by molar-refractivity contribution is 5.79. The first-order chi connectivity index (χ1) is 11.9. The van der Waals surface area contributed by atoms with E-state index in [1.807, 2.05) is 0 Å². The Labute approximate surface area is 149 Å². The van der Waals surface area contributed by atoms with E-state index in [0.29, 0.717) is 12.6 Å². The van der Waals surface area contributed by atoms with E-state index in [4.69, 9.17) is 5.11 Å². The molecular weight excluding hydrogens is 318 g/mol. The van der Waals surface area contributed by atoms with Crippen molar-refractivity contribution >= 4 is 12.0 Å². The molecule has 25 heavy (non-hydrogen) atoms. The highest BCUT2D eigenvalue weighted by Crippen LogP contribution is 2.50. The molecular formula is C19H31N3O3. The molecule has 6 nitrogen and oxygen atoms in total. The Balaban J connectivity index is 1.21. The predicted molar refractivity (Wildman–Crippen MR) is 94.4 cm³/mol. The molecule has 0 bridgehead atoms. The minimum Gasteiger partial charge on any atom is -0.465 e. The summed E-state index contributed by atoms with van der Waals surface area (Å²) in [4.78, 5) is 27.7. The number of carboxylic acid groups (broad SMARTS) is 1. The van der Waals surface area contributed by atoms with Crippen molar-refractivity contribution in [2.75, 3.05) is 26.2 Å². The van der Waals surface area contributed by atoms with Crippen LogP contribution in [0.2, 0.25) is 0 Å². The maximum Gasteiger partial charge on any atom is 0.407 e. The zero-order valence-electron chi connectivity index (χ0n) is 15.3. The van der Waals surface area contributed by atoms with E-state index in [0.717, 1.165) is 64.6 Å². The molecule has 2 heterocycles. The summed E-state index contributed by atoms with van der Waals surface area (Å²) in [5.74, 6) is 0.441. The molecule has 1 spiro atoms. The monoisotopic (exact) mass is 349 g/mol. The van der Waals surface area contributed by atoms with Crippen LogP contribution in [0.25, 0.3) is 0 Å². The molecule has 2 saturated carbocycles. The summed E-state index contributed by atoms with van der Waals surface area (Å²) in [5, 5.41) is 12.4. The first-order valence-electron chi connectivity index (χ1n) is 9.92. The molecule has 140 valence electrons. The Hall–Kier alpha value is -1.30. The molecule has 2 saturated heterocycles. The Kier molecular flexibility index (Phi) is 4.21. The minimum atomic E-state index is -0.771. The molecule has 2 aliphatic heterocycles. The second kappa shape index (κ2) is 6.15. The van der Waals surface area contributed by atoms with Crippen LogP contribution < -0.4 is 5.32 Å². The van der Waals surface area contributed by atoms with Crippen molar-refractivity contribution in [3.8, 4) is 0 Å². The van der Waals surface area contributed by atoms with Crippen LogP contribution in [-0.4, -0.2) is 64.7 Å². The highest BCUT2D eigenvalue weighted by Gasteiger charge is 2.51. The van der Waals surface area contributed by atoms with E-state index in [9.17, 15) is 9.59 Å². The normalized spacial score (nSPS) is 35.2. The fraction of sp³-hybridized carbons (Fsp3) is 0.895. The largest absolute Gasteiger partial charge is 0.465 e. The number of amides is 2. The van der Waals surface area contributed by atoms with Crippen LogP contribution in [0.15, 0.2) is 0 Å². The van der Waals surface area contributed by atoms with Crippen LogP contribution >= 0.6 is 0 Å². The fourth-order valence-electron chi connectivity index (χ4n) is 5.39. The lowest BCUT2D eigenvalue weighted by Crippen LogP contribution is -2.56.